The van der Waals surface area contributed by atoms with E-state index in [0.717, 1.165) is 29.0 Å². The van der Waals surface area contributed by atoms with Gasteiger partial charge in [-0.2, -0.15) is 0 Å². The molecule has 0 unspecified atom stereocenters. The number of carbonyl (C=O) groups excluding carboxylic acids is 2. The summed E-state index contributed by atoms with van der Waals surface area (Å²) in [4.78, 5) is 30.7. The number of hydrogen-bond acceptors (Lipinski definition) is 5. The van der Waals surface area contributed by atoms with E-state index in [1.54, 1.807) is 4.90 Å². The minimum atomic E-state index is -0.678. The maximum Gasteiger partial charge on any atom is 0.411 e. The maximum atomic E-state index is 13.7. The van der Waals surface area contributed by atoms with Gasteiger partial charge in [0, 0.05) is 35.8 Å². The topological polar surface area (TPSA) is 71.1 Å². The molecule has 2 aromatic rings. The number of piperazine rings is 1. The molecule has 0 saturated carbocycles. The van der Waals surface area contributed by atoms with Crippen molar-refractivity contribution in [3.05, 3.63) is 58.6 Å². The van der Waals surface area contributed by atoms with Crippen LogP contribution in [0.25, 0.3) is 0 Å². The van der Waals surface area contributed by atoms with Gasteiger partial charge in [-0.1, -0.05) is 29.8 Å². The normalized spacial score (nSPS) is 23.4. The smallest absolute Gasteiger partial charge is 0.411 e. The minimum Gasteiger partial charge on any atom is -0.493 e. The number of halogens is 1. The lowest BCUT2D eigenvalue weighted by Crippen LogP contribution is -2.64. The Morgan fingerprint density at radius 2 is 1.94 bits per heavy atom. The van der Waals surface area contributed by atoms with E-state index in [1.807, 2.05) is 63.2 Å². The van der Waals surface area contributed by atoms with Gasteiger partial charge in [-0.05, 0) is 57.0 Å². The number of carbonyl (C=O) groups is 2. The lowest BCUT2D eigenvalue weighted by molar-refractivity contribution is -0.128. The molecule has 1 saturated heterocycles. The van der Waals surface area contributed by atoms with Crippen LogP contribution in [-0.4, -0.2) is 54.3 Å². The monoisotopic (exact) mass is 483 g/mol. The number of rotatable bonds is 2. The molecule has 2 amide bonds. The summed E-state index contributed by atoms with van der Waals surface area (Å²) in [5.74, 6) is 0.602. The molecule has 8 heteroatoms. The molecule has 0 spiro atoms. The highest BCUT2D eigenvalue weighted by Crippen LogP contribution is 2.38. The number of benzene rings is 2. The lowest BCUT2D eigenvalue weighted by atomic mass is 9.99. The zero-order valence-corrected chi connectivity index (χ0v) is 20.5. The van der Waals surface area contributed by atoms with Gasteiger partial charge < -0.3 is 19.7 Å². The number of para-hydroxylation sites is 1. The summed E-state index contributed by atoms with van der Waals surface area (Å²) in [6.45, 7) is 6.84. The summed E-state index contributed by atoms with van der Waals surface area (Å²) in [7, 11) is 0. The number of hydrogen-bond donors (Lipinski definition) is 1. The maximum absolute atomic E-state index is 13.7. The summed E-state index contributed by atoms with van der Waals surface area (Å²) >= 11 is 6.22. The van der Waals surface area contributed by atoms with Crippen molar-refractivity contribution in [1.29, 1.82) is 0 Å². The zero-order chi connectivity index (χ0) is 24.0. The third-order valence-corrected chi connectivity index (χ3v) is 6.84. The number of ether oxygens (including phenoxy) is 2. The fourth-order valence-corrected chi connectivity index (χ4v) is 5.31. The van der Waals surface area contributed by atoms with Crippen LogP contribution in [0.15, 0.2) is 42.5 Å². The molecule has 0 bridgehead atoms. The van der Waals surface area contributed by atoms with Gasteiger partial charge in [-0.3, -0.25) is 9.69 Å². The van der Waals surface area contributed by atoms with Gasteiger partial charge in [0.1, 0.15) is 17.4 Å². The number of anilines is 1. The van der Waals surface area contributed by atoms with Gasteiger partial charge in [0.15, 0.2) is 0 Å². The third kappa shape index (κ3) is 4.41. The van der Waals surface area contributed by atoms with Crippen LogP contribution < -0.4 is 15.0 Å². The van der Waals surface area contributed by atoms with E-state index in [2.05, 4.69) is 10.2 Å². The molecule has 1 N–H and O–H groups in total. The van der Waals surface area contributed by atoms with Crippen LogP contribution in [0, 0.1) is 0 Å². The first-order valence-corrected chi connectivity index (χ1v) is 12.1. The Hall–Kier alpha value is -2.93. The number of fused-ring (bicyclic) bond motifs is 4. The molecule has 0 aliphatic carbocycles. The molecule has 7 nitrogen and oxygen atoms in total. The van der Waals surface area contributed by atoms with Gasteiger partial charge in [-0.25, -0.2) is 4.79 Å². The molecule has 0 radical (unpaired) electrons. The zero-order valence-electron chi connectivity index (χ0n) is 19.7. The van der Waals surface area contributed by atoms with E-state index in [9.17, 15) is 9.59 Å². The summed E-state index contributed by atoms with van der Waals surface area (Å²) in [6.07, 6.45) is 0.987. The number of nitrogens with zero attached hydrogens (tertiary/aromatic N) is 2. The highest BCUT2D eigenvalue weighted by Gasteiger charge is 2.45. The van der Waals surface area contributed by atoms with Crippen LogP contribution in [0.1, 0.15) is 44.4 Å². The Morgan fingerprint density at radius 3 is 2.74 bits per heavy atom. The molecule has 0 aromatic heterocycles. The Bertz CT molecular complexity index is 1120. The molecule has 3 aliphatic rings. The SMILES string of the molecule is CC(C)(C)OC(=O)N1C[C@@H]2Cc3cc(Cl)ccc3N2C[C@H]1C(=O)N[C@@H]1CCOc2ccccc21. The van der Waals surface area contributed by atoms with E-state index in [4.69, 9.17) is 21.1 Å². The molecular formula is C26H30ClN3O4. The summed E-state index contributed by atoms with van der Waals surface area (Å²) < 4.78 is 11.4. The summed E-state index contributed by atoms with van der Waals surface area (Å²) in [5.41, 5.74) is 2.52. The molecule has 3 heterocycles. The van der Waals surface area contributed by atoms with Crippen LogP contribution in [0.3, 0.4) is 0 Å². The van der Waals surface area contributed by atoms with Crippen LogP contribution >= 0.6 is 11.6 Å². The second-order valence-electron chi connectivity index (χ2n) is 10.2. The average molecular weight is 484 g/mol. The molecule has 34 heavy (non-hydrogen) atoms. The quantitative estimate of drug-likeness (QED) is 0.688. The van der Waals surface area contributed by atoms with Crippen molar-refractivity contribution in [2.75, 3.05) is 24.6 Å². The van der Waals surface area contributed by atoms with Crippen LogP contribution in [-0.2, 0) is 16.0 Å². The largest absolute Gasteiger partial charge is 0.493 e. The van der Waals surface area contributed by atoms with E-state index in [0.29, 0.717) is 31.1 Å². The highest BCUT2D eigenvalue weighted by molar-refractivity contribution is 6.30. The van der Waals surface area contributed by atoms with E-state index in [1.165, 1.54) is 0 Å². The second kappa shape index (κ2) is 8.69. The average Bonchev–Trinajstić information content (AvgIpc) is 3.13. The van der Waals surface area contributed by atoms with E-state index >= 15 is 0 Å². The van der Waals surface area contributed by atoms with Crippen LogP contribution in [0.5, 0.6) is 5.75 Å². The molecule has 3 atom stereocenters. The molecule has 5 rings (SSSR count). The Kier molecular flexibility index (Phi) is 5.84. The van der Waals surface area contributed by atoms with Gasteiger partial charge in [0.05, 0.1) is 18.7 Å². The van der Waals surface area contributed by atoms with Crippen molar-refractivity contribution >= 4 is 29.3 Å². The minimum absolute atomic E-state index is 0.0776. The van der Waals surface area contributed by atoms with E-state index in [-0.39, 0.29) is 18.0 Å². The molecule has 3 aliphatic heterocycles. The van der Waals surface area contributed by atoms with Crippen molar-refractivity contribution < 1.29 is 19.1 Å². The molecule has 180 valence electrons. The lowest BCUT2D eigenvalue weighted by Gasteiger charge is -2.44. The van der Waals surface area contributed by atoms with Crippen molar-refractivity contribution in [3.8, 4) is 5.75 Å². The Balaban J connectivity index is 1.41. The number of nitrogens with one attached hydrogen (secondary N) is 1. The fourth-order valence-electron chi connectivity index (χ4n) is 5.11. The fraction of sp³-hybridized carbons (Fsp3) is 0.462. The first-order valence-electron chi connectivity index (χ1n) is 11.8. The van der Waals surface area contributed by atoms with Crippen molar-refractivity contribution in [2.45, 2.75) is 57.3 Å². The molecule has 2 aromatic carbocycles. The van der Waals surface area contributed by atoms with Gasteiger partial charge >= 0.3 is 6.09 Å². The summed E-state index contributed by atoms with van der Waals surface area (Å²) in [5, 5.41) is 3.88. The van der Waals surface area contributed by atoms with Crippen LogP contribution in [0.2, 0.25) is 5.02 Å². The predicted octanol–water partition coefficient (Wildman–Crippen LogP) is 4.33. The van der Waals surface area contributed by atoms with Gasteiger partial charge in [0.2, 0.25) is 5.91 Å². The predicted molar refractivity (Wildman–Crippen MR) is 130 cm³/mol. The van der Waals surface area contributed by atoms with E-state index < -0.39 is 17.7 Å². The van der Waals surface area contributed by atoms with Crippen molar-refractivity contribution in [2.24, 2.45) is 0 Å². The number of amides is 2. The molecular weight excluding hydrogens is 454 g/mol. The van der Waals surface area contributed by atoms with Crippen molar-refractivity contribution in [3.63, 3.8) is 0 Å². The Labute approximate surface area is 205 Å². The second-order valence-corrected chi connectivity index (χ2v) is 10.6. The third-order valence-electron chi connectivity index (χ3n) is 6.61. The van der Waals surface area contributed by atoms with Crippen LogP contribution in [0.4, 0.5) is 10.5 Å². The van der Waals surface area contributed by atoms with Crippen molar-refractivity contribution in [1.82, 2.24) is 10.2 Å². The van der Waals surface area contributed by atoms with Gasteiger partial charge in [0.25, 0.3) is 0 Å². The Morgan fingerprint density at radius 1 is 1.15 bits per heavy atom. The van der Waals surface area contributed by atoms with Gasteiger partial charge in [-0.15, -0.1) is 0 Å². The summed E-state index contributed by atoms with van der Waals surface area (Å²) in [6, 6.07) is 12.8. The highest BCUT2D eigenvalue weighted by atomic mass is 35.5. The standard InChI is InChI=1S/C26H30ClN3O4/c1-26(2,3)34-25(32)30-14-18-13-16-12-17(27)8-9-21(16)29(18)15-22(30)24(31)28-20-10-11-33-23-7-5-4-6-19(20)23/h4-9,12,18,20,22H,10-11,13-15H2,1-3H3,(H,28,31)/t18-,20+,22-/m0/s1. The first-order chi connectivity index (χ1) is 16.2. The molecule has 1 fully saturated rings. The first kappa shape index (κ1) is 22.8.